The van der Waals surface area contributed by atoms with Crippen molar-refractivity contribution < 1.29 is 17.9 Å². The third-order valence-electron chi connectivity index (χ3n) is 7.51. The lowest BCUT2D eigenvalue weighted by Gasteiger charge is -2.35. The molecule has 0 unspecified atom stereocenters. The van der Waals surface area contributed by atoms with Gasteiger partial charge in [-0.2, -0.15) is 14.0 Å². The van der Waals surface area contributed by atoms with Gasteiger partial charge in [0.1, 0.15) is 5.82 Å². The molecule has 2 aliphatic heterocycles. The number of nitrogen functional groups attached to an aromatic ring is 1. The molecular formula is C28H40N10O4S. The van der Waals surface area contributed by atoms with E-state index in [0.29, 0.717) is 51.8 Å². The lowest BCUT2D eigenvalue weighted by molar-refractivity contribution is 0.0788. The van der Waals surface area contributed by atoms with Crippen LogP contribution < -0.4 is 20.9 Å². The number of nitrogens with zero attached hydrogens (tertiary/aromatic N) is 8. The molecule has 14 nitrogen and oxygen atoms in total. The third-order valence-corrected chi connectivity index (χ3v) is 9.39. The molecule has 3 N–H and O–H groups in total. The first-order chi connectivity index (χ1) is 20.6. The minimum atomic E-state index is -3.16. The first-order valence-electron chi connectivity index (χ1n) is 14.6. The minimum absolute atomic E-state index is 0.124. The summed E-state index contributed by atoms with van der Waals surface area (Å²) in [7, 11) is -3.16. The molecule has 0 bridgehead atoms. The number of anilines is 5. The first-order valence-corrected chi connectivity index (χ1v) is 16.2. The van der Waals surface area contributed by atoms with Crippen LogP contribution >= 0.6 is 0 Å². The monoisotopic (exact) mass is 612 g/mol. The molecule has 2 aliphatic rings. The summed E-state index contributed by atoms with van der Waals surface area (Å²) in [4.78, 5) is 27.4. The third kappa shape index (κ3) is 7.28. The van der Waals surface area contributed by atoms with Crippen LogP contribution in [-0.4, -0.2) is 108 Å². The van der Waals surface area contributed by atoms with Gasteiger partial charge in [0, 0.05) is 76.0 Å². The molecule has 0 atom stereocenters. The highest BCUT2D eigenvalue weighted by Gasteiger charge is 2.26. The van der Waals surface area contributed by atoms with E-state index in [0.717, 1.165) is 35.8 Å². The van der Waals surface area contributed by atoms with Crippen LogP contribution in [0.1, 0.15) is 27.2 Å². The average molecular weight is 613 g/mol. The number of piperazine rings is 1. The van der Waals surface area contributed by atoms with Gasteiger partial charge in [0.15, 0.2) is 0 Å². The molecule has 1 aromatic carbocycles. The van der Waals surface area contributed by atoms with E-state index in [1.54, 1.807) is 27.0 Å². The second kappa shape index (κ2) is 13.0. The van der Waals surface area contributed by atoms with E-state index in [9.17, 15) is 13.2 Å². The van der Waals surface area contributed by atoms with Gasteiger partial charge in [-0.1, -0.05) is 0 Å². The number of benzene rings is 1. The number of carbonyl (C=O) groups is 1. The highest BCUT2D eigenvalue weighted by atomic mass is 32.2. The molecule has 43 heavy (non-hydrogen) atoms. The molecule has 0 saturated carbocycles. The fraction of sp³-hybridized carbons (Fsp3) is 0.500. The molecule has 0 spiro atoms. The van der Waals surface area contributed by atoms with Crippen molar-refractivity contribution >= 4 is 45.2 Å². The summed E-state index contributed by atoms with van der Waals surface area (Å²) in [6.45, 7) is 10.2. The van der Waals surface area contributed by atoms with Crippen molar-refractivity contribution in [3.05, 3.63) is 42.6 Å². The van der Waals surface area contributed by atoms with Crippen molar-refractivity contribution in [2.45, 2.75) is 33.3 Å². The Morgan fingerprint density at radius 2 is 1.70 bits per heavy atom. The van der Waals surface area contributed by atoms with Gasteiger partial charge in [-0.3, -0.25) is 0 Å². The zero-order valence-electron chi connectivity index (χ0n) is 24.9. The van der Waals surface area contributed by atoms with E-state index in [4.69, 9.17) is 10.5 Å². The van der Waals surface area contributed by atoms with E-state index >= 15 is 0 Å². The van der Waals surface area contributed by atoms with Crippen LogP contribution in [-0.2, 0) is 14.8 Å². The average Bonchev–Trinajstić information content (AvgIpc) is 3.19. The van der Waals surface area contributed by atoms with Crippen molar-refractivity contribution in [3.63, 3.8) is 0 Å². The Bertz CT molecular complexity index is 1500. The number of rotatable bonds is 8. The summed E-state index contributed by atoms with van der Waals surface area (Å²) in [6, 6.07) is 11.6. The van der Waals surface area contributed by atoms with Crippen LogP contribution in [0.2, 0.25) is 0 Å². The van der Waals surface area contributed by atoms with Crippen LogP contribution in [0, 0.1) is 0 Å². The van der Waals surface area contributed by atoms with Gasteiger partial charge in [-0.15, -0.1) is 5.10 Å². The molecule has 0 aliphatic carbocycles. The van der Waals surface area contributed by atoms with Crippen LogP contribution in [0.15, 0.2) is 42.6 Å². The highest BCUT2D eigenvalue weighted by molar-refractivity contribution is 7.89. The van der Waals surface area contributed by atoms with E-state index in [1.165, 1.54) is 0 Å². The lowest BCUT2D eigenvalue weighted by atomic mass is 10.2. The predicted octanol–water partition coefficient (Wildman–Crippen LogP) is 2.52. The first kappa shape index (κ1) is 30.4. The number of aromatic nitrogens is 4. The quantitative estimate of drug-likeness (QED) is 0.386. The van der Waals surface area contributed by atoms with E-state index in [1.807, 2.05) is 50.2 Å². The normalized spacial score (nSPS) is 16.8. The molecular weight excluding hydrogens is 572 g/mol. The molecule has 5 rings (SSSR count). The summed E-state index contributed by atoms with van der Waals surface area (Å²) >= 11 is 0. The number of sulfonamides is 1. The van der Waals surface area contributed by atoms with Crippen molar-refractivity contribution in [1.29, 1.82) is 0 Å². The van der Waals surface area contributed by atoms with Crippen molar-refractivity contribution in [2.75, 3.05) is 79.0 Å². The molecule has 15 heteroatoms. The number of nitrogens with one attached hydrogen (secondary N) is 1. The Balaban J connectivity index is 1.21. The number of hydrogen-bond acceptors (Lipinski definition) is 11. The number of ether oxygens (including phenoxy) is 1. The number of nitrogens with two attached hydrogens (primary N) is 1. The molecule has 0 radical (unpaired) electrons. The Morgan fingerprint density at radius 1 is 0.977 bits per heavy atom. The smallest absolute Gasteiger partial charge is 0.410 e. The number of amides is 1. The molecule has 2 aromatic heterocycles. The van der Waals surface area contributed by atoms with E-state index < -0.39 is 10.0 Å². The van der Waals surface area contributed by atoms with E-state index in [-0.39, 0.29) is 23.9 Å². The Labute approximate surface area is 252 Å². The fourth-order valence-electron chi connectivity index (χ4n) is 5.18. The molecule has 2 fully saturated rings. The number of carbonyl (C=O) groups excluding carboxylic acids is 1. The SMILES string of the molecule is CCS(=O)(=O)N1CCN(c2ccc(Nc3nc(N)n(-c4ccnc(N5CCCN(C(=O)OC(C)C)CC5)c4)n3)cc2)CC1. The van der Waals surface area contributed by atoms with Crippen molar-refractivity contribution in [2.24, 2.45) is 0 Å². The van der Waals surface area contributed by atoms with Gasteiger partial charge in [-0.05, 0) is 57.5 Å². The van der Waals surface area contributed by atoms with Crippen LogP contribution in [0.3, 0.4) is 0 Å². The summed E-state index contributed by atoms with van der Waals surface area (Å²) < 4.78 is 32.8. The minimum Gasteiger partial charge on any atom is -0.447 e. The molecule has 2 saturated heterocycles. The second-order valence-electron chi connectivity index (χ2n) is 10.8. The Morgan fingerprint density at radius 3 is 2.40 bits per heavy atom. The number of pyridine rings is 1. The lowest BCUT2D eigenvalue weighted by Crippen LogP contribution is -2.49. The largest absolute Gasteiger partial charge is 0.447 e. The Kier molecular flexibility index (Phi) is 9.20. The number of hydrogen-bond donors (Lipinski definition) is 2. The molecule has 3 aromatic rings. The standard InChI is InChI=1S/C28H40N10O4S/c1-4-43(40,41)37-18-16-34(17-19-37)23-8-6-22(7-9-23)31-27-32-26(29)38(33-27)24-10-11-30-25(20-24)35-12-5-13-36(15-14-35)28(39)42-21(2)3/h6-11,20-21H,4-5,12-19H2,1-3H3,(H3,29,31,32,33). The van der Waals surface area contributed by atoms with Gasteiger partial charge in [0.05, 0.1) is 17.5 Å². The second-order valence-corrected chi connectivity index (χ2v) is 13.1. The van der Waals surface area contributed by atoms with E-state index in [2.05, 4.69) is 30.2 Å². The van der Waals surface area contributed by atoms with Crippen LogP contribution in [0.25, 0.3) is 5.69 Å². The summed E-state index contributed by atoms with van der Waals surface area (Å²) in [5, 5.41) is 7.79. The van der Waals surface area contributed by atoms with Crippen LogP contribution in [0.4, 0.5) is 33.9 Å². The summed E-state index contributed by atoms with van der Waals surface area (Å²) in [5.74, 6) is 1.48. The molecule has 1 amide bonds. The van der Waals surface area contributed by atoms with Crippen molar-refractivity contribution in [3.8, 4) is 5.69 Å². The van der Waals surface area contributed by atoms with Gasteiger partial charge >= 0.3 is 6.09 Å². The molecule has 232 valence electrons. The van der Waals surface area contributed by atoms with Crippen LogP contribution in [0.5, 0.6) is 0 Å². The maximum Gasteiger partial charge on any atom is 0.410 e. The highest BCUT2D eigenvalue weighted by Crippen LogP contribution is 2.24. The Hall–Kier alpha value is -4.11. The predicted molar refractivity (Wildman–Crippen MR) is 167 cm³/mol. The zero-order valence-corrected chi connectivity index (χ0v) is 25.7. The fourth-order valence-corrected chi connectivity index (χ4v) is 6.26. The van der Waals surface area contributed by atoms with Gasteiger partial charge in [-0.25, -0.2) is 18.2 Å². The molecule has 4 heterocycles. The van der Waals surface area contributed by atoms with Gasteiger partial charge < -0.3 is 30.5 Å². The zero-order chi connectivity index (χ0) is 30.6. The van der Waals surface area contributed by atoms with Gasteiger partial charge in [0.25, 0.3) is 0 Å². The summed E-state index contributed by atoms with van der Waals surface area (Å²) in [5.41, 5.74) is 8.80. The maximum atomic E-state index is 12.4. The van der Waals surface area contributed by atoms with Gasteiger partial charge in [0.2, 0.25) is 21.9 Å². The maximum absolute atomic E-state index is 12.4. The van der Waals surface area contributed by atoms with Crippen molar-refractivity contribution in [1.82, 2.24) is 29.0 Å². The topological polar surface area (TPSA) is 155 Å². The summed E-state index contributed by atoms with van der Waals surface area (Å²) in [6.07, 6.45) is 2.07.